The highest BCUT2D eigenvalue weighted by molar-refractivity contribution is 5.85. The van der Waals surface area contributed by atoms with Gasteiger partial charge in [0.25, 0.3) is 5.91 Å². The lowest BCUT2D eigenvalue weighted by Crippen LogP contribution is -2.40. The van der Waals surface area contributed by atoms with E-state index in [9.17, 15) is 9.18 Å². The van der Waals surface area contributed by atoms with Crippen molar-refractivity contribution in [2.75, 3.05) is 19.7 Å². The van der Waals surface area contributed by atoms with Crippen LogP contribution in [0.5, 0.6) is 5.75 Å². The monoisotopic (exact) mass is 290 g/mol. The average molecular weight is 291 g/mol. The minimum atomic E-state index is -0.328. The Morgan fingerprint density at radius 2 is 2.00 bits per heavy atom. The second-order valence-electron chi connectivity index (χ2n) is 4.01. The molecule has 0 aromatic heterocycles. The molecule has 1 aromatic rings. The lowest BCUT2D eigenvalue weighted by molar-refractivity contribution is -0.123. The molecule has 0 fully saturated rings. The zero-order valence-electron chi connectivity index (χ0n) is 11.1. The molecule has 2 N–H and O–H groups in total. The number of ether oxygens (including phenoxy) is 1. The highest BCUT2D eigenvalue weighted by atomic mass is 35.5. The van der Waals surface area contributed by atoms with Crippen molar-refractivity contribution < 1.29 is 13.9 Å². The number of likely N-dealkylation sites (N-methyl/N-ethyl adjacent to an activating group) is 1. The summed E-state index contributed by atoms with van der Waals surface area (Å²) >= 11 is 0. The maximum Gasteiger partial charge on any atom is 0.257 e. The number of carbonyl (C=O) groups excluding carboxylic acids is 1. The highest BCUT2D eigenvalue weighted by Crippen LogP contribution is 2.10. The lowest BCUT2D eigenvalue weighted by Gasteiger charge is -2.13. The third-order valence-electron chi connectivity index (χ3n) is 2.34. The molecule has 6 heteroatoms. The molecule has 0 aliphatic rings. The molecule has 0 saturated carbocycles. The number of benzene rings is 1. The van der Waals surface area contributed by atoms with Crippen LogP contribution < -0.4 is 15.4 Å². The molecule has 1 rings (SSSR count). The molecule has 1 aromatic carbocycles. The quantitative estimate of drug-likeness (QED) is 0.804. The van der Waals surface area contributed by atoms with E-state index in [-0.39, 0.29) is 36.8 Å². The Morgan fingerprint density at radius 1 is 1.37 bits per heavy atom. The van der Waals surface area contributed by atoms with Crippen molar-refractivity contribution in [2.24, 2.45) is 0 Å². The zero-order chi connectivity index (χ0) is 13.4. The summed E-state index contributed by atoms with van der Waals surface area (Å²) in [6, 6.07) is 5.79. The zero-order valence-corrected chi connectivity index (χ0v) is 11.9. The summed E-state index contributed by atoms with van der Waals surface area (Å²) in [5.41, 5.74) is 0. The molecule has 0 saturated heterocycles. The summed E-state index contributed by atoms with van der Waals surface area (Å²) in [6.45, 7) is 5.35. The van der Waals surface area contributed by atoms with Gasteiger partial charge in [-0.2, -0.15) is 0 Å². The number of halogens is 2. The number of nitrogens with one attached hydrogen (secondary N) is 2. The molecule has 4 nitrogen and oxygen atoms in total. The van der Waals surface area contributed by atoms with Gasteiger partial charge >= 0.3 is 0 Å². The first-order valence-corrected chi connectivity index (χ1v) is 6.00. The summed E-state index contributed by atoms with van der Waals surface area (Å²) in [7, 11) is 0. The van der Waals surface area contributed by atoms with Gasteiger partial charge < -0.3 is 15.4 Å². The fourth-order valence-electron chi connectivity index (χ4n) is 1.42. The summed E-state index contributed by atoms with van der Waals surface area (Å²) in [4.78, 5) is 11.5. The van der Waals surface area contributed by atoms with Gasteiger partial charge in [-0.3, -0.25) is 4.79 Å². The summed E-state index contributed by atoms with van der Waals surface area (Å²) in [5, 5.41) is 5.93. The largest absolute Gasteiger partial charge is 0.484 e. The van der Waals surface area contributed by atoms with Crippen molar-refractivity contribution in [3.63, 3.8) is 0 Å². The Kier molecular flexibility index (Phi) is 8.91. The van der Waals surface area contributed by atoms with Gasteiger partial charge in [-0.25, -0.2) is 4.39 Å². The number of hydrogen-bond acceptors (Lipinski definition) is 3. The minimum Gasteiger partial charge on any atom is -0.484 e. The van der Waals surface area contributed by atoms with E-state index in [1.54, 1.807) is 0 Å². The first kappa shape index (κ1) is 17.7. The van der Waals surface area contributed by atoms with Crippen LogP contribution in [0.1, 0.15) is 13.8 Å². The Morgan fingerprint density at radius 3 is 2.58 bits per heavy atom. The van der Waals surface area contributed by atoms with E-state index in [0.29, 0.717) is 12.3 Å². The molecular weight excluding hydrogens is 271 g/mol. The maximum absolute atomic E-state index is 12.6. The van der Waals surface area contributed by atoms with Crippen LogP contribution in [0.2, 0.25) is 0 Å². The molecule has 1 atom stereocenters. The molecule has 0 aliphatic carbocycles. The standard InChI is InChI=1S/C13H19FN2O2.ClH/c1-3-15-10(2)8-16-13(17)9-18-12-6-4-11(14)5-7-12;/h4-7,10,15H,3,8-9H2,1-2H3,(H,16,17);1H/t10-;/m1./s1. The summed E-state index contributed by atoms with van der Waals surface area (Å²) in [6.07, 6.45) is 0. The van der Waals surface area contributed by atoms with Crippen molar-refractivity contribution >= 4 is 18.3 Å². The van der Waals surface area contributed by atoms with Crippen LogP contribution in [-0.4, -0.2) is 31.6 Å². The number of hydrogen-bond donors (Lipinski definition) is 2. The third kappa shape index (κ3) is 7.64. The molecule has 0 radical (unpaired) electrons. The number of carbonyl (C=O) groups is 1. The average Bonchev–Trinajstić information content (AvgIpc) is 2.36. The maximum atomic E-state index is 12.6. The van der Waals surface area contributed by atoms with Gasteiger partial charge in [0.05, 0.1) is 0 Å². The summed E-state index contributed by atoms with van der Waals surface area (Å²) in [5.74, 6) is -0.0402. The Balaban J connectivity index is 0.00000324. The Bertz CT molecular complexity index is 373. The van der Waals surface area contributed by atoms with Gasteiger partial charge in [0.2, 0.25) is 0 Å². The Labute approximate surface area is 119 Å². The van der Waals surface area contributed by atoms with E-state index in [0.717, 1.165) is 6.54 Å². The van der Waals surface area contributed by atoms with Crippen LogP contribution in [-0.2, 0) is 4.79 Å². The lowest BCUT2D eigenvalue weighted by atomic mass is 10.3. The second kappa shape index (κ2) is 9.58. The number of amides is 1. The van der Waals surface area contributed by atoms with Crippen molar-refractivity contribution in [3.8, 4) is 5.75 Å². The normalized spacial score (nSPS) is 11.3. The molecule has 1 amide bonds. The van der Waals surface area contributed by atoms with Crippen molar-refractivity contribution in [1.82, 2.24) is 10.6 Å². The molecule has 0 bridgehead atoms. The topological polar surface area (TPSA) is 50.4 Å². The predicted molar refractivity (Wildman–Crippen MR) is 75.3 cm³/mol. The predicted octanol–water partition coefficient (Wildman–Crippen LogP) is 1.74. The smallest absolute Gasteiger partial charge is 0.257 e. The third-order valence-corrected chi connectivity index (χ3v) is 2.34. The fraction of sp³-hybridized carbons (Fsp3) is 0.462. The molecule has 0 heterocycles. The van der Waals surface area contributed by atoms with E-state index >= 15 is 0 Å². The van der Waals surface area contributed by atoms with Crippen LogP contribution in [0.4, 0.5) is 4.39 Å². The van der Waals surface area contributed by atoms with Crippen LogP contribution in [0.25, 0.3) is 0 Å². The SMILES string of the molecule is CCN[C@H](C)CNC(=O)COc1ccc(F)cc1.Cl. The molecular formula is C13H20ClFN2O2. The van der Waals surface area contributed by atoms with Crippen molar-refractivity contribution in [3.05, 3.63) is 30.1 Å². The van der Waals surface area contributed by atoms with Gasteiger partial charge in [-0.05, 0) is 37.7 Å². The van der Waals surface area contributed by atoms with Crippen LogP contribution >= 0.6 is 12.4 Å². The van der Waals surface area contributed by atoms with Crippen LogP contribution in [0.15, 0.2) is 24.3 Å². The first-order chi connectivity index (χ1) is 8.61. The molecule has 0 aliphatic heterocycles. The molecule has 19 heavy (non-hydrogen) atoms. The first-order valence-electron chi connectivity index (χ1n) is 6.00. The van der Waals surface area contributed by atoms with Gasteiger partial charge in [-0.15, -0.1) is 12.4 Å². The van der Waals surface area contributed by atoms with Gasteiger partial charge in [-0.1, -0.05) is 6.92 Å². The van der Waals surface area contributed by atoms with Crippen LogP contribution in [0, 0.1) is 5.82 Å². The van der Waals surface area contributed by atoms with Crippen molar-refractivity contribution in [1.29, 1.82) is 0 Å². The molecule has 0 unspecified atom stereocenters. The van der Waals surface area contributed by atoms with E-state index in [1.807, 2.05) is 13.8 Å². The van der Waals surface area contributed by atoms with E-state index in [4.69, 9.17) is 4.74 Å². The highest BCUT2D eigenvalue weighted by Gasteiger charge is 2.05. The van der Waals surface area contributed by atoms with Gasteiger partial charge in [0.1, 0.15) is 11.6 Å². The van der Waals surface area contributed by atoms with Gasteiger partial charge in [0.15, 0.2) is 6.61 Å². The fourth-order valence-corrected chi connectivity index (χ4v) is 1.42. The molecule has 0 spiro atoms. The molecule has 108 valence electrons. The van der Waals surface area contributed by atoms with E-state index < -0.39 is 0 Å². The Hall–Kier alpha value is -1.33. The van der Waals surface area contributed by atoms with Gasteiger partial charge in [0, 0.05) is 12.6 Å². The van der Waals surface area contributed by atoms with Crippen LogP contribution in [0.3, 0.4) is 0 Å². The van der Waals surface area contributed by atoms with Crippen molar-refractivity contribution in [2.45, 2.75) is 19.9 Å². The number of rotatable bonds is 7. The minimum absolute atomic E-state index is 0. The summed E-state index contributed by atoms with van der Waals surface area (Å²) < 4.78 is 17.8. The second-order valence-corrected chi connectivity index (χ2v) is 4.01. The van der Waals surface area contributed by atoms with E-state index in [1.165, 1.54) is 24.3 Å². The van der Waals surface area contributed by atoms with E-state index in [2.05, 4.69) is 10.6 Å².